The Morgan fingerprint density at radius 1 is 1.06 bits per heavy atom. The number of nitrogens with zero attached hydrogens (tertiary/aromatic N) is 2. The van der Waals surface area contributed by atoms with Crippen molar-refractivity contribution in [3.8, 4) is 0 Å². The molecular weight excluding hydrogens is 432 g/mol. The van der Waals surface area contributed by atoms with E-state index in [-0.39, 0.29) is 10.8 Å². The second-order valence-electron chi connectivity index (χ2n) is 7.81. The summed E-state index contributed by atoms with van der Waals surface area (Å²) in [5, 5.41) is 14.4. The number of rotatable bonds is 1. The summed E-state index contributed by atoms with van der Waals surface area (Å²) in [5.41, 5.74) is 2.04. The number of nitrogens with one attached hydrogen (secondary N) is 3. The summed E-state index contributed by atoms with van der Waals surface area (Å²) in [7, 11) is -3.88. The zero-order valence-corrected chi connectivity index (χ0v) is 19.0. The van der Waals surface area contributed by atoms with E-state index in [9.17, 15) is 13.2 Å². The molecule has 0 spiro atoms. The highest BCUT2D eigenvalue weighted by Crippen LogP contribution is 2.26. The van der Waals surface area contributed by atoms with E-state index >= 15 is 0 Å². The minimum atomic E-state index is -3.88. The van der Waals surface area contributed by atoms with Gasteiger partial charge in [-0.1, -0.05) is 6.92 Å². The summed E-state index contributed by atoms with van der Waals surface area (Å²) in [5.74, 6) is 0.621. The minimum Gasteiger partial charge on any atom is -0.450 e. The molecule has 2 aliphatic rings. The van der Waals surface area contributed by atoms with Crippen molar-refractivity contribution in [2.45, 2.75) is 49.8 Å². The second kappa shape index (κ2) is 11.1. The van der Waals surface area contributed by atoms with E-state index in [0.717, 1.165) is 37.7 Å². The number of carbonyl (C=O) groups excluding carboxylic acids is 1. The molecule has 2 aliphatic heterocycles. The molecule has 0 fully saturated rings. The molecule has 0 aliphatic carbocycles. The van der Waals surface area contributed by atoms with Crippen LogP contribution in [0.3, 0.4) is 0 Å². The Hall–Kier alpha value is -2.92. The van der Waals surface area contributed by atoms with Crippen molar-refractivity contribution in [1.82, 2.24) is 15.3 Å². The number of anilines is 3. The van der Waals surface area contributed by atoms with Gasteiger partial charge in [0, 0.05) is 31.2 Å². The van der Waals surface area contributed by atoms with Crippen molar-refractivity contribution < 1.29 is 17.9 Å². The minimum absolute atomic E-state index is 0.0240. The third-order valence-corrected chi connectivity index (χ3v) is 6.21. The molecule has 4 bridgehead atoms. The molecule has 0 unspecified atom stereocenters. The van der Waals surface area contributed by atoms with Gasteiger partial charge in [0.1, 0.15) is 4.90 Å². The molecular formula is C21H30N6O4S. The molecule has 1 aromatic heterocycles. The zero-order valence-electron chi connectivity index (χ0n) is 18.1. The first-order valence-electron chi connectivity index (χ1n) is 10.7. The lowest BCUT2D eigenvalue weighted by molar-refractivity contribution is 0.143. The number of sulfonamides is 1. The number of fused-ring (bicyclic) bond motifs is 14. The van der Waals surface area contributed by atoms with E-state index in [0.29, 0.717) is 37.0 Å². The highest BCUT2D eigenvalue weighted by atomic mass is 32.2. The Labute approximate surface area is 188 Å². The normalized spacial score (nSPS) is 18.9. The first kappa shape index (κ1) is 23.7. The van der Waals surface area contributed by atoms with Crippen molar-refractivity contribution >= 4 is 33.4 Å². The van der Waals surface area contributed by atoms with E-state index < -0.39 is 16.1 Å². The van der Waals surface area contributed by atoms with Crippen LogP contribution in [0.15, 0.2) is 35.5 Å². The van der Waals surface area contributed by atoms with Crippen LogP contribution in [-0.4, -0.2) is 44.2 Å². The first-order chi connectivity index (χ1) is 15.3. The first-order valence-corrected chi connectivity index (χ1v) is 12.3. The van der Waals surface area contributed by atoms with E-state index in [1.165, 1.54) is 6.07 Å². The Kier molecular flexibility index (Phi) is 8.23. The number of amides is 1. The number of hydrogen-bond acceptors (Lipinski definition) is 8. The highest BCUT2D eigenvalue weighted by molar-refractivity contribution is 7.89. The third kappa shape index (κ3) is 7.06. The Balaban J connectivity index is 1.79. The maximum absolute atomic E-state index is 12.0. The van der Waals surface area contributed by atoms with Gasteiger partial charge in [-0.3, -0.25) is 0 Å². The van der Waals surface area contributed by atoms with Crippen LogP contribution in [0.25, 0.3) is 0 Å². The lowest BCUT2D eigenvalue weighted by Crippen LogP contribution is -2.25. The Morgan fingerprint density at radius 3 is 2.50 bits per heavy atom. The van der Waals surface area contributed by atoms with Crippen LogP contribution in [0.2, 0.25) is 0 Å². The summed E-state index contributed by atoms with van der Waals surface area (Å²) < 4.78 is 29.1. The summed E-state index contributed by atoms with van der Waals surface area (Å²) >= 11 is 0. The number of nitrogens with two attached hydrogens (primary N) is 1. The van der Waals surface area contributed by atoms with Gasteiger partial charge < -0.3 is 20.7 Å². The maximum Gasteiger partial charge on any atom is 0.407 e. The lowest BCUT2D eigenvalue weighted by Gasteiger charge is -2.14. The molecule has 32 heavy (non-hydrogen) atoms. The van der Waals surface area contributed by atoms with Gasteiger partial charge in [-0.25, -0.2) is 28.3 Å². The predicted octanol–water partition coefficient (Wildman–Crippen LogP) is 3.07. The van der Waals surface area contributed by atoms with Crippen LogP contribution in [0, 0.1) is 0 Å². The molecule has 1 aromatic carbocycles. The number of alkyl carbamates (subject to hydrolysis) is 1. The summed E-state index contributed by atoms with van der Waals surface area (Å²) in [4.78, 5) is 20.5. The van der Waals surface area contributed by atoms with Gasteiger partial charge in [-0.15, -0.1) is 0 Å². The van der Waals surface area contributed by atoms with Gasteiger partial charge in [0.25, 0.3) is 0 Å². The van der Waals surface area contributed by atoms with Gasteiger partial charge in [0.2, 0.25) is 16.0 Å². The maximum atomic E-state index is 12.0. The standard InChI is InChI=1S/C21H30N6O4S/c1-15-6-5-11-31-21(28)24-10-4-2-3-9-23-18-12-17(7-8-19(18)32(22,29)30)27-20-25-13-16(15)14-26-20/h7-8,12-15,23H,2-6,9-11H2,1H3,(H,24,28)(H2,22,29,30)(H,25,26,27)/t15-/m0/s1. The van der Waals surface area contributed by atoms with E-state index in [1.54, 1.807) is 24.5 Å². The molecule has 3 heterocycles. The molecule has 5 N–H and O–H groups in total. The lowest BCUT2D eigenvalue weighted by atomic mass is 9.99. The third-order valence-electron chi connectivity index (χ3n) is 5.24. The molecule has 11 heteroatoms. The van der Waals surface area contributed by atoms with Crippen molar-refractivity contribution in [2.75, 3.05) is 30.3 Å². The predicted molar refractivity (Wildman–Crippen MR) is 122 cm³/mol. The van der Waals surface area contributed by atoms with Gasteiger partial charge in [-0.05, 0) is 61.8 Å². The van der Waals surface area contributed by atoms with Gasteiger partial charge in [-0.2, -0.15) is 0 Å². The number of aromatic nitrogens is 2. The van der Waals surface area contributed by atoms with E-state index in [1.807, 2.05) is 0 Å². The largest absolute Gasteiger partial charge is 0.450 e. The number of carbonyl (C=O) groups is 1. The van der Waals surface area contributed by atoms with Crippen LogP contribution >= 0.6 is 0 Å². The summed E-state index contributed by atoms with van der Waals surface area (Å²) in [6.45, 7) is 3.52. The van der Waals surface area contributed by atoms with Gasteiger partial charge >= 0.3 is 6.09 Å². The Morgan fingerprint density at radius 2 is 1.78 bits per heavy atom. The quantitative estimate of drug-likeness (QED) is 0.505. The van der Waals surface area contributed by atoms with E-state index in [2.05, 4.69) is 32.8 Å². The van der Waals surface area contributed by atoms with Gasteiger partial charge in [0.05, 0.1) is 12.3 Å². The summed E-state index contributed by atoms with van der Waals surface area (Å²) in [6, 6.07) is 4.77. The fourth-order valence-electron chi connectivity index (χ4n) is 3.39. The molecule has 0 saturated carbocycles. The molecule has 0 radical (unpaired) electrons. The SMILES string of the molecule is C[C@H]1CCCOC(=O)NCCCCCNc2cc(ccc2S(N)(=O)=O)Nc2ncc1cn2. The summed E-state index contributed by atoms with van der Waals surface area (Å²) in [6.07, 6.45) is 7.14. The van der Waals surface area contributed by atoms with Crippen LogP contribution in [0.5, 0.6) is 0 Å². The molecule has 2 aromatic rings. The fraction of sp³-hybridized carbons (Fsp3) is 0.476. The van der Waals surface area contributed by atoms with Crippen LogP contribution < -0.4 is 21.1 Å². The van der Waals surface area contributed by atoms with E-state index in [4.69, 9.17) is 9.88 Å². The number of benzene rings is 1. The van der Waals surface area contributed by atoms with Crippen LogP contribution in [0.4, 0.5) is 22.1 Å². The van der Waals surface area contributed by atoms with Crippen molar-refractivity contribution in [3.05, 3.63) is 36.2 Å². The molecule has 0 saturated heterocycles. The van der Waals surface area contributed by atoms with Crippen LogP contribution in [0.1, 0.15) is 50.5 Å². The average molecular weight is 463 g/mol. The highest BCUT2D eigenvalue weighted by Gasteiger charge is 2.15. The zero-order chi connectivity index (χ0) is 23.0. The molecule has 174 valence electrons. The van der Waals surface area contributed by atoms with Crippen molar-refractivity contribution in [2.24, 2.45) is 5.14 Å². The molecule has 1 atom stereocenters. The second-order valence-corrected chi connectivity index (χ2v) is 9.34. The van der Waals surface area contributed by atoms with Crippen molar-refractivity contribution in [1.29, 1.82) is 0 Å². The fourth-order valence-corrected chi connectivity index (χ4v) is 4.09. The number of primary sulfonamides is 1. The molecule has 10 nitrogen and oxygen atoms in total. The molecule has 1 amide bonds. The van der Waals surface area contributed by atoms with Crippen LogP contribution in [-0.2, 0) is 14.8 Å². The number of hydrogen-bond donors (Lipinski definition) is 4. The smallest absolute Gasteiger partial charge is 0.407 e. The topological polar surface area (TPSA) is 148 Å². The van der Waals surface area contributed by atoms with Gasteiger partial charge in [0.15, 0.2) is 0 Å². The number of ether oxygens (including phenoxy) is 1. The monoisotopic (exact) mass is 462 g/mol. The Bertz CT molecular complexity index is 1010. The molecule has 4 rings (SSSR count). The van der Waals surface area contributed by atoms with Crippen molar-refractivity contribution in [3.63, 3.8) is 0 Å². The average Bonchev–Trinajstić information content (AvgIpc) is 2.75.